The molecule has 0 saturated heterocycles. The molecule has 180 valence electrons. The Hall–Kier alpha value is -4.72. The van der Waals surface area contributed by atoms with E-state index in [1.54, 1.807) is 36.2 Å². The average molecular weight is 480 g/mol. The van der Waals surface area contributed by atoms with Gasteiger partial charge < -0.3 is 4.90 Å². The first kappa shape index (κ1) is 23.0. The zero-order valence-electron chi connectivity index (χ0n) is 19.8. The van der Waals surface area contributed by atoms with Crippen LogP contribution in [-0.4, -0.2) is 37.2 Å². The molecule has 5 rings (SSSR count). The van der Waals surface area contributed by atoms with Gasteiger partial charge >= 0.3 is 5.69 Å². The maximum atomic E-state index is 13.1. The monoisotopic (exact) mass is 479 g/mol. The lowest BCUT2D eigenvalue weighted by Crippen LogP contribution is -2.33. The minimum absolute atomic E-state index is 0.111. The molecule has 0 atom stereocenters. The molecule has 2 heterocycles. The summed E-state index contributed by atoms with van der Waals surface area (Å²) in [6.45, 7) is 0.519. The van der Waals surface area contributed by atoms with Gasteiger partial charge in [0.25, 0.3) is 5.56 Å². The van der Waals surface area contributed by atoms with Crippen LogP contribution in [0.15, 0.2) is 101 Å². The molecular weight excluding hydrogens is 454 g/mol. The molecule has 0 aliphatic heterocycles. The molecule has 0 fully saturated rings. The molecule has 0 spiro atoms. The molecule has 0 radical (unpaired) electrons. The van der Waals surface area contributed by atoms with Gasteiger partial charge in [0, 0.05) is 43.9 Å². The molecule has 2 aromatic heterocycles. The number of nitrogens with zero attached hydrogens (tertiary/aromatic N) is 4. The van der Waals surface area contributed by atoms with Crippen LogP contribution in [0.1, 0.15) is 12.0 Å². The fraction of sp³-hybridized carbons (Fsp3) is 0.143. The predicted octanol–water partition coefficient (Wildman–Crippen LogP) is 3.59. The number of aromatic nitrogens is 4. The summed E-state index contributed by atoms with van der Waals surface area (Å²) in [7, 11) is 1.74. The van der Waals surface area contributed by atoms with Gasteiger partial charge in [-0.1, -0.05) is 60.7 Å². The highest BCUT2D eigenvalue weighted by molar-refractivity contribution is 5.79. The van der Waals surface area contributed by atoms with E-state index in [0.29, 0.717) is 17.4 Å². The molecule has 0 bridgehead atoms. The molecule has 8 heteroatoms. The van der Waals surface area contributed by atoms with Crippen molar-refractivity contribution in [1.82, 2.24) is 24.2 Å². The van der Waals surface area contributed by atoms with E-state index in [4.69, 9.17) is 5.10 Å². The molecule has 1 N–H and O–H groups in total. The molecule has 0 saturated carbocycles. The number of amides is 1. The Morgan fingerprint density at radius 3 is 2.33 bits per heavy atom. The Morgan fingerprint density at radius 2 is 1.58 bits per heavy atom. The third kappa shape index (κ3) is 4.61. The molecular formula is C28H25N5O3. The summed E-state index contributed by atoms with van der Waals surface area (Å²) in [5, 5.41) is 5.23. The van der Waals surface area contributed by atoms with E-state index < -0.39 is 11.2 Å². The van der Waals surface area contributed by atoms with E-state index in [0.717, 1.165) is 22.5 Å². The van der Waals surface area contributed by atoms with Crippen molar-refractivity contribution >= 4 is 16.8 Å². The van der Waals surface area contributed by atoms with Crippen molar-refractivity contribution in [3.8, 4) is 16.9 Å². The second-order valence-corrected chi connectivity index (χ2v) is 8.58. The van der Waals surface area contributed by atoms with Gasteiger partial charge in [-0.25, -0.2) is 9.48 Å². The summed E-state index contributed by atoms with van der Waals surface area (Å²) < 4.78 is 3.26. The van der Waals surface area contributed by atoms with Crippen molar-refractivity contribution in [1.29, 1.82) is 0 Å². The summed E-state index contributed by atoms with van der Waals surface area (Å²) in [6, 6.07) is 26.6. The number of H-pyrrole nitrogens is 1. The molecule has 5 aromatic rings. The first-order valence-electron chi connectivity index (χ1n) is 11.7. The van der Waals surface area contributed by atoms with E-state index in [2.05, 4.69) is 4.98 Å². The fourth-order valence-electron chi connectivity index (χ4n) is 4.28. The third-order valence-electron chi connectivity index (χ3n) is 6.15. The Labute approximate surface area is 207 Å². The Morgan fingerprint density at radius 1 is 0.917 bits per heavy atom. The van der Waals surface area contributed by atoms with Gasteiger partial charge in [0.05, 0.1) is 22.3 Å². The van der Waals surface area contributed by atoms with Crippen molar-refractivity contribution in [3.63, 3.8) is 0 Å². The van der Waals surface area contributed by atoms with E-state index >= 15 is 0 Å². The molecule has 36 heavy (non-hydrogen) atoms. The number of carbonyl (C=O) groups excluding carboxylic acids is 1. The quantitative estimate of drug-likeness (QED) is 0.386. The second-order valence-electron chi connectivity index (χ2n) is 8.58. The summed E-state index contributed by atoms with van der Waals surface area (Å²) in [5.41, 5.74) is 3.17. The number of para-hydroxylation sites is 2. The first-order valence-corrected chi connectivity index (χ1v) is 11.7. The second kappa shape index (κ2) is 9.87. The van der Waals surface area contributed by atoms with Crippen LogP contribution in [0.5, 0.6) is 0 Å². The standard InChI is InChI=1S/C28H25N5O3/c1-31(25(34)16-17-32-24-15-9-8-14-23(24)27(35)29-28(32)36)18-21-19-33(22-12-6-3-7-13-22)30-26(21)20-10-4-2-5-11-20/h2-15,19H,16-18H2,1H3,(H,29,35,36). The van der Waals surface area contributed by atoms with Crippen LogP contribution in [0, 0.1) is 0 Å². The number of benzene rings is 3. The van der Waals surface area contributed by atoms with Crippen LogP contribution >= 0.6 is 0 Å². The number of hydrogen-bond donors (Lipinski definition) is 1. The topological polar surface area (TPSA) is 93.0 Å². The van der Waals surface area contributed by atoms with Gasteiger partial charge in [0.2, 0.25) is 5.91 Å². The van der Waals surface area contributed by atoms with Crippen LogP contribution in [0.3, 0.4) is 0 Å². The normalized spacial score (nSPS) is 11.0. The smallest absolute Gasteiger partial charge is 0.328 e. The van der Waals surface area contributed by atoms with Crippen LogP contribution in [-0.2, 0) is 17.9 Å². The summed E-state index contributed by atoms with van der Waals surface area (Å²) >= 11 is 0. The lowest BCUT2D eigenvalue weighted by atomic mass is 10.1. The van der Waals surface area contributed by atoms with Crippen LogP contribution < -0.4 is 11.2 Å². The number of aromatic amines is 1. The van der Waals surface area contributed by atoms with E-state index in [-0.39, 0.29) is 18.9 Å². The predicted molar refractivity (Wildman–Crippen MR) is 139 cm³/mol. The SMILES string of the molecule is CN(Cc1cn(-c2ccccc2)nc1-c1ccccc1)C(=O)CCn1c(=O)[nH]c(=O)c2ccccc21. The molecule has 3 aromatic carbocycles. The lowest BCUT2D eigenvalue weighted by molar-refractivity contribution is -0.130. The minimum atomic E-state index is -0.523. The molecule has 0 aliphatic carbocycles. The van der Waals surface area contributed by atoms with Gasteiger partial charge in [-0.3, -0.25) is 19.1 Å². The van der Waals surface area contributed by atoms with Gasteiger partial charge in [-0.05, 0) is 24.3 Å². The first-order chi connectivity index (χ1) is 17.5. The van der Waals surface area contributed by atoms with E-state index in [1.807, 2.05) is 71.5 Å². The molecule has 1 amide bonds. The largest absolute Gasteiger partial charge is 0.341 e. The number of nitrogens with one attached hydrogen (secondary N) is 1. The molecule has 0 aliphatic rings. The van der Waals surface area contributed by atoms with Gasteiger partial charge in [0.15, 0.2) is 0 Å². The number of hydrogen-bond acceptors (Lipinski definition) is 4. The van der Waals surface area contributed by atoms with Gasteiger partial charge in [0.1, 0.15) is 0 Å². The summed E-state index contributed by atoms with van der Waals surface area (Å²) in [5.74, 6) is -0.122. The zero-order chi connectivity index (χ0) is 25.1. The highest BCUT2D eigenvalue weighted by atomic mass is 16.2. The summed E-state index contributed by atoms with van der Waals surface area (Å²) in [6.07, 6.45) is 2.06. The van der Waals surface area contributed by atoms with E-state index in [9.17, 15) is 14.4 Å². The van der Waals surface area contributed by atoms with Gasteiger partial charge in [-0.15, -0.1) is 0 Å². The lowest BCUT2D eigenvalue weighted by Gasteiger charge is -2.18. The highest BCUT2D eigenvalue weighted by Gasteiger charge is 2.17. The number of carbonyl (C=O) groups is 1. The van der Waals surface area contributed by atoms with Crippen molar-refractivity contribution in [2.24, 2.45) is 0 Å². The highest BCUT2D eigenvalue weighted by Crippen LogP contribution is 2.25. The van der Waals surface area contributed by atoms with E-state index in [1.165, 1.54) is 4.57 Å². The number of rotatable bonds is 7. The number of fused-ring (bicyclic) bond motifs is 1. The number of aryl methyl sites for hydroxylation is 1. The summed E-state index contributed by atoms with van der Waals surface area (Å²) in [4.78, 5) is 41.6. The Bertz CT molecular complexity index is 1640. The van der Waals surface area contributed by atoms with Crippen molar-refractivity contribution in [2.75, 3.05) is 7.05 Å². The minimum Gasteiger partial charge on any atom is -0.341 e. The van der Waals surface area contributed by atoms with Crippen molar-refractivity contribution in [2.45, 2.75) is 19.5 Å². The Balaban J connectivity index is 1.38. The van der Waals surface area contributed by atoms with Crippen molar-refractivity contribution in [3.05, 3.63) is 118 Å². The maximum Gasteiger partial charge on any atom is 0.328 e. The van der Waals surface area contributed by atoms with Crippen LogP contribution in [0.25, 0.3) is 27.8 Å². The average Bonchev–Trinajstić information content (AvgIpc) is 3.33. The maximum absolute atomic E-state index is 13.1. The van der Waals surface area contributed by atoms with Crippen LogP contribution in [0.2, 0.25) is 0 Å². The Kier molecular flexibility index (Phi) is 6.32. The van der Waals surface area contributed by atoms with Crippen LogP contribution in [0.4, 0.5) is 0 Å². The third-order valence-corrected chi connectivity index (χ3v) is 6.15. The molecule has 8 nitrogen and oxygen atoms in total. The molecule has 0 unspecified atom stereocenters. The van der Waals surface area contributed by atoms with Crippen molar-refractivity contribution < 1.29 is 4.79 Å². The fourth-order valence-corrected chi connectivity index (χ4v) is 4.28. The van der Waals surface area contributed by atoms with Gasteiger partial charge in [-0.2, -0.15) is 5.10 Å². The zero-order valence-corrected chi connectivity index (χ0v) is 19.8.